The zero-order valence-electron chi connectivity index (χ0n) is 20.1. The van der Waals surface area contributed by atoms with E-state index in [0.717, 1.165) is 0 Å². The van der Waals surface area contributed by atoms with Gasteiger partial charge in [-0.2, -0.15) is 0 Å². The summed E-state index contributed by atoms with van der Waals surface area (Å²) in [4.78, 5) is 46.4. The van der Waals surface area contributed by atoms with E-state index in [-0.39, 0.29) is 43.8 Å². The zero-order valence-corrected chi connectivity index (χ0v) is 20.1. The van der Waals surface area contributed by atoms with E-state index in [0.29, 0.717) is 26.2 Å². The number of nitrogens with one attached hydrogen (secondary N) is 3. The summed E-state index contributed by atoms with van der Waals surface area (Å²) in [5.74, 6) is -1.58. The maximum atomic E-state index is 12.3. The van der Waals surface area contributed by atoms with Gasteiger partial charge < -0.3 is 25.2 Å². The number of aliphatic carboxylic acids is 1. The molecule has 0 aromatic heterocycles. The predicted molar refractivity (Wildman–Crippen MR) is 119 cm³/mol. The quantitative estimate of drug-likeness (QED) is 0.0988. The molecular formula is C21H39N4O7+. The number of rotatable bonds is 17. The van der Waals surface area contributed by atoms with Gasteiger partial charge in [0, 0.05) is 13.0 Å². The molecule has 0 aliphatic heterocycles. The number of nitrogens with zero attached hydrogens (tertiary/aromatic N) is 1. The molecule has 32 heavy (non-hydrogen) atoms. The molecule has 11 heteroatoms. The molecule has 4 N–H and O–H groups in total. The van der Waals surface area contributed by atoms with Gasteiger partial charge in [0.05, 0.1) is 33.4 Å². The van der Waals surface area contributed by atoms with Crippen LogP contribution in [0.2, 0.25) is 0 Å². The summed E-state index contributed by atoms with van der Waals surface area (Å²) in [7, 11) is 1.66. The Morgan fingerprint density at radius 1 is 1.00 bits per heavy atom. The summed E-state index contributed by atoms with van der Waals surface area (Å²) in [6, 6.07) is 0. The molecule has 0 atom stereocenters. The molecule has 0 radical (unpaired) electrons. The van der Waals surface area contributed by atoms with Crippen LogP contribution in [0.5, 0.6) is 0 Å². The molecule has 0 saturated carbocycles. The van der Waals surface area contributed by atoms with Crippen molar-refractivity contribution in [1.29, 1.82) is 0 Å². The summed E-state index contributed by atoms with van der Waals surface area (Å²) in [6.45, 7) is 9.58. The van der Waals surface area contributed by atoms with Gasteiger partial charge in [-0.05, 0) is 41.0 Å². The van der Waals surface area contributed by atoms with E-state index < -0.39 is 17.0 Å². The van der Waals surface area contributed by atoms with E-state index >= 15 is 0 Å². The highest BCUT2D eigenvalue weighted by molar-refractivity contribution is 5.90. The molecule has 11 nitrogen and oxygen atoms in total. The monoisotopic (exact) mass is 459 g/mol. The van der Waals surface area contributed by atoms with E-state index in [1.807, 2.05) is 0 Å². The number of carboxylic acid groups (broad SMARTS) is 1. The van der Waals surface area contributed by atoms with Crippen LogP contribution in [0.25, 0.3) is 0 Å². The Hall–Kier alpha value is -2.53. The first kappa shape index (κ1) is 29.5. The zero-order chi connectivity index (χ0) is 24.8. The fourth-order valence-corrected chi connectivity index (χ4v) is 2.23. The molecule has 0 spiro atoms. The number of Topliss-reactive ketones (excluding diaryl/α,β-unsaturated/α-hetero) is 1. The fourth-order valence-electron chi connectivity index (χ4n) is 2.23. The van der Waals surface area contributed by atoms with Crippen LogP contribution in [0.15, 0.2) is 0 Å². The van der Waals surface area contributed by atoms with Gasteiger partial charge >= 0.3 is 5.97 Å². The second-order valence-electron chi connectivity index (χ2n) is 8.46. The fraction of sp³-hybridized carbons (Fsp3) is 0.762. The molecule has 0 unspecified atom stereocenters. The highest BCUT2D eigenvalue weighted by atomic mass is 16.5. The van der Waals surface area contributed by atoms with Gasteiger partial charge in [0.15, 0.2) is 11.3 Å². The van der Waals surface area contributed by atoms with Crippen LogP contribution in [0, 0.1) is 0 Å². The third-order valence-corrected chi connectivity index (χ3v) is 4.64. The lowest BCUT2D eigenvalue weighted by atomic mass is 10.0. The van der Waals surface area contributed by atoms with Crippen molar-refractivity contribution in [3.63, 3.8) is 0 Å². The van der Waals surface area contributed by atoms with E-state index in [1.54, 1.807) is 45.7 Å². The normalized spacial score (nSPS) is 12.2. The van der Waals surface area contributed by atoms with Crippen molar-refractivity contribution >= 4 is 29.9 Å². The first-order valence-corrected chi connectivity index (χ1v) is 10.6. The van der Waals surface area contributed by atoms with Gasteiger partial charge in [-0.25, -0.2) is 4.79 Å². The average molecular weight is 460 g/mol. The minimum atomic E-state index is -1.08. The van der Waals surface area contributed by atoms with Crippen molar-refractivity contribution in [3.05, 3.63) is 0 Å². The number of hydrogen-bond acceptors (Lipinski definition) is 6. The maximum absolute atomic E-state index is 12.3. The number of hydrogen-bond donors (Lipinski definition) is 4. The number of ketones is 1. The molecule has 0 heterocycles. The molecule has 184 valence electrons. The molecule has 0 bridgehead atoms. The number of carbonyl (C=O) groups excluding carboxylic acids is 3. The van der Waals surface area contributed by atoms with Gasteiger partial charge in [0.25, 0.3) is 0 Å². The summed E-state index contributed by atoms with van der Waals surface area (Å²) < 4.78 is 11.9. The minimum Gasteiger partial charge on any atom is -0.478 e. The third kappa shape index (κ3) is 12.4. The largest absolute Gasteiger partial charge is 0.478 e. The lowest BCUT2D eigenvalue weighted by Crippen LogP contribution is -2.55. The highest BCUT2D eigenvalue weighted by Gasteiger charge is 2.32. The Labute approximate surface area is 189 Å². The lowest BCUT2D eigenvalue weighted by Gasteiger charge is -2.25. The van der Waals surface area contributed by atoms with Gasteiger partial charge in [0.1, 0.15) is 12.1 Å². The number of amides is 2. The number of carbonyl (C=O) groups is 4. The van der Waals surface area contributed by atoms with Crippen LogP contribution < -0.4 is 16.0 Å². The van der Waals surface area contributed by atoms with Gasteiger partial charge in [-0.3, -0.25) is 24.3 Å². The Bertz CT molecular complexity index is 675. The topological polar surface area (TPSA) is 146 Å². The molecule has 0 aromatic rings. The van der Waals surface area contributed by atoms with E-state index in [2.05, 4.69) is 16.0 Å². The first-order valence-electron chi connectivity index (χ1n) is 10.6. The van der Waals surface area contributed by atoms with Crippen molar-refractivity contribution in [1.82, 2.24) is 16.0 Å². The van der Waals surface area contributed by atoms with E-state index in [4.69, 9.17) is 9.47 Å². The van der Waals surface area contributed by atoms with Crippen LogP contribution >= 0.6 is 0 Å². The molecule has 0 saturated heterocycles. The van der Waals surface area contributed by atoms with E-state index in [1.165, 1.54) is 6.92 Å². The number of likely N-dealkylation sites (N-methyl/N-ethyl adjacent to an activating group) is 1. The molecular weight excluding hydrogens is 420 g/mol. The Kier molecular flexibility index (Phi) is 13.4. The smallest absolute Gasteiger partial charge is 0.351 e. The van der Waals surface area contributed by atoms with Crippen molar-refractivity contribution in [2.75, 3.05) is 46.6 Å². The first-order chi connectivity index (χ1) is 14.8. The van der Waals surface area contributed by atoms with Crippen LogP contribution in [-0.2, 0) is 28.7 Å². The standard InChI is InChI=1S/C21H38N4O7/c1-16(26)14-32-13-12-31-11-10-23-18(28)20(2,3)24-17(27)8-7-9-22-15-25(6)21(4,5)19(29)30/h15H,7-14H2,1-6H3,(H3,23,24,27,28,29,30)/p+1. The van der Waals surface area contributed by atoms with Crippen LogP contribution in [-0.4, -0.2) is 97.2 Å². The molecule has 0 aliphatic carbocycles. The minimum absolute atomic E-state index is 0.0523. The lowest BCUT2D eigenvalue weighted by molar-refractivity contribution is -0.558. The Morgan fingerprint density at radius 3 is 2.22 bits per heavy atom. The van der Waals surface area contributed by atoms with Crippen molar-refractivity contribution in [2.24, 2.45) is 0 Å². The molecule has 0 aromatic carbocycles. The van der Waals surface area contributed by atoms with Crippen LogP contribution in [0.4, 0.5) is 0 Å². The predicted octanol–water partition coefficient (Wildman–Crippen LogP) is -0.477. The Balaban J connectivity index is 4.09. The highest BCUT2D eigenvalue weighted by Crippen LogP contribution is 2.06. The molecule has 0 fully saturated rings. The van der Waals surface area contributed by atoms with Crippen LogP contribution in [0.3, 0.4) is 0 Å². The number of carboxylic acids is 1. The maximum Gasteiger partial charge on any atom is 0.351 e. The van der Waals surface area contributed by atoms with E-state index in [9.17, 15) is 24.3 Å². The van der Waals surface area contributed by atoms with Crippen molar-refractivity contribution in [3.8, 4) is 0 Å². The molecule has 2 amide bonds. The average Bonchev–Trinajstić information content (AvgIpc) is 2.68. The summed E-state index contributed by atoms with van der Waals surface area (Å²) in [5.41, 5.74) is -2.12. The van der Waals surface area contributed by atoms with Gasteiger partial charge in [0.2, 0.25) is 18.2 Å². The number of ether oxygens (including phenoxy) is 2. The third-order valence-electron chi connectivity index (χ3n) is 4.64. The second-order valence-corrected chi connectivity index (χ2v) is 8.46. The second kappa shape index (κ2) is 14.5. The Morgan fingerprint density at radius 2 is 1.62 bits per heavy atom. The summed E-state index contributed by atoms with van der Waals surface area (Å²) in [5, 5.41) is 17.6. The summed E-state index contributed by atoms with van der Waals surface area (Å²) >= 11 is 0. The van der Waals surface area contributed by atoms with Crippen molar-refractivity contribution in [2.45, 2.75) is 58.5 Å². The van der Waals surface area contributed by atoms with Crippen molar-refractivity contribution < 1.29 is 38.3 Å². The SMILES string of the molecule is CC(=O)COCCOCCNC(=O)C(C)(C)NC(=O)CCCNC=[N+](C)C(C)(C)C(=O)O. The van der Waals surface area contributed by atoms with Crippen LogP contribution in [0.1, 0.15) is 47.5 Å². The molecule has 0 rings (SSSR count). The van der Waals surface area contributed by atoms with Gasteiger partial charge in [-0.15, -0.1) is 0 Å². The molecule has 0 aliphatic rings. The van der Waals surface area contributed by atoms with Gasteiger partial charge in [-0.1, -0.05) is 0 Å². The summed E-state index contributed by atoms with van der Waals surface area (Å²) in [6.07, 6.45) is 2.30.